The van der Waals surface area contributed by atoms with Gasteiger partial charge < -0.3 is 4.90 Å². The molecule has 1 aromatic rings. The molecule has 2 aliphatic heterocycles. The fourth-order valence-corrected chi connectivity index (χ4v) is 3.70. The van der Waals surface area contributed by atoms with Crippen molar-refractivity contribution < 1.29 is 4.79 Å². The maximum Gasteiger partial charge on any atom is 0.255 e. The first-order valence-corrected chi connectivity index (χ1v) is 7.92. The van der Waals surface area contributed by atoms with Gasteiger partial charge >= 0.3 is 0 Å². The molecule has 0 bridgehead atoms. The molecule has 0 saturated carbocycles. The van der Waals surface area contributed by atoms with Crippen LogP contribution in [0.15, 0.2) is 23.1 Å². The molecule has 0 N–H and O–H groups in total. The second-order valence-electron chi connectivity index (χ2n) is 5.76. The minimum Gasteiger partial charge on any atom is -0.333 e. The number of hydrogen-bond donors (Lipinski definition) is 1. The molecule has 3 rings (SSSR count). The molecule has 5 heteroatoms. The van der Waals surface area contributed by atoms with E-state index in [2.05, 4.69) is 24.5 Å². The van der Waals surface area contributed by atoms with Gasteiger partial charge in [0.2, 0.25) is 0 Å². The van der Waals surface area contributed by atoms with Crippen molar-refractivity contribution >= 4 is 30.1 Å². The Bertz CT molecular complexity index is 537. The standard InChI is InChI=1S/C15H19ClN2OS/c1-10-8-17-6-2-3-11(17)9-18(10)15(19)13-7-12(20)4-5-14(13)16/h4-5,7,10-11,20H,2-3,6,8-9H2,1H3. The first-order chi connectivity index (χ1) is 9.56. The van der Waals surface area contributed by atoms with Crippen LogP contribution >= 0.6 is 24.2 Å². The van der Waals surface area contributed by atoms with Crippen molar-refractivity contribution in [1.82, 2.24) is 9.80 Å². The fraction of sp³-hybridized carbons (Fsp3) is 0.533. The summed E-state index contributed by atoms with van der Waals surface area (Å²) in [5.41, 5.74) is 0.567. The highest BCUT2D eigenvalue weighted by atomic mass is 35.5. The molecule has 2 unspecified atom stereocenters. The number of fused-ring (bicyclic) bond motifs is 1. The summed E-state index contributed by atoms with van der Waals surface area (Å²) in [7, 11) is 0. The molecule has 108 valence electrons. The van der Waals surface area contributed by atoms with Gasteiger partial charge in [-0.2, -0.15) is 0 Å². The van der Waals surface area contributed by atoms with Crippen LogP contribution in [0.4, 0.5) is 0 Å². The number of piperazine rings is 1. The van der Waals surface area contributed by atoms with Crippen LogP contribution in [0.25, 0.3) is 0 Å². The lowest BCUT2D eigenvalue weighted by Crippen LogP contribution is -2.56. The Morgan fingerprint density at radius 3 is 3.00 bits per heavy atom. The van der Waals surface area contributed by atoms with Gasteiger partial charge in [0.1, 0.15) is 0 Å². The average Bonchev–Trinajstić information content (AvgIpc) is 2.87. The third-order valence-corrected chi connectivity index (χ3v) is 4.99. The molecule has 20 heavy (non-hydrogen) atoms. The highest BCUT2D eigenvalue weighted by Gasteiger charge is 2.37. The van der Waals surface area contributed by atoms with Crippen molar-refractivity contribution in [3.05, 3.63) is 28.8 Å². The largest absolute Gasteiger partial charge is 0.333 e. The van der Waals surface area contributed by atoms with Crippen molar-refractivity contribution in [2.24, 2.45) is 0 Å². The first kappa shape index (κ1) is 14.2. The molecular weight excluding hydrogens is 292 g/mol. The van der Waals surface area contributed by atoms with Crippen molar-refractivity contribution in [1.29, 1.82) is 0 Å². The van der Waals surface area contributed by atoms with Gasteiger partial charge in [0.05, 0.1) is 10.6 Å². The number of carbonyl (C=O) groups is 1. The van der Waals surface area contributed by atoms with Crippen LogP contribution in [0.1, 0.15) is 30.1 Å². The number of benzene rings is 1. The second kappa shape index (κ2) is 5.58. The predicted molar refractivity (Wildman–Crippen MR) is 83.8 cm³/mol. The van der Waals surface area contributed by atoms with Gasteiger partial charge in [-0.15, -0.1) is 12.6 Å². The summed E-state index contributed by atoms with van der Waals surface area (Å²) in [5, 5.41) is 0.508. The van der Waals surface area contributed by atoms with E-state index < -0.39 is 0 Å². The average molecular weight is 311 g/mol. The van der Waals surface area contributed by atoms with Crippen LogP contribution in [0.3, 0.4) is 0 Å². The topological polar surface area (TPSA) is 23.6 Å². The fourth-order valence-electron chi connectivity index (χ4n) is 3.30. The minimum atomic E-state index is 0.0324. The molecule has 0 aromatic heterocycles. The number of amides is 1. The number of nitrogens with zero attached hydrogens (tertiary/aromatic N) is 2. The summed E-state index contributed by atoms with van der Waals surface area (Å²) in [5.74, 6) is 0.0324. The lowest BCUT2D eigenvalue weighted by molar-refractivity contribution is 0.0395. The zero-order chi connectivity index (χ0) is 14.3. The van der Waals surface area contributed by atoms with Gasteiger partial charge in [-0.1, -0.05) is 11.6 Å². The molecule has 1 amide bonds. The molecule has 2 saturated heterocycles. The third-order valence-electron chi connectivity index (χ3n) is 4.38. The van der Waals surface area contributed by atoms with Crippen molar-refractivity contribution in [2.75, 3.05) is 19.6 Å². The van der Waals surface area contributed by atoms with E-state index in [9.17, 15) is 4.79 Å². The van der Waals surface area contributed by atoms with E-state index in [0.29, 0.717) is 16.6 Å². The SMILES string of the molecule is CC1CN2CCCC2CN1C(=O)c1cc(S)ccc1Cl. The molecule has 3 nitrogen and oxygen atoms in total. The van der Waals surface area contributed by atoms with Crippen LogP contribution in [0, 0.1) is 0 Å². The van der Waals surface area contributed by atoms with Crippen molar-refractivity contribution in [2.45, 2.75) is 36.7 Å². The van der Waals surface area contributed by atoms with E-state index >= 15 is 0 Å². The molecule has 0 radical (unpaired) electrons. The summed E-state index contributed by atoms with van der Waals surface area (Å²) < 4.78 is 0. The van der Waals surface area contributed by atoms with Crippen LogP contribution in [-0.4, -0.2) is 47.4 Å². The van der Waals surface area contributed by atoms with E-state index in [1.54, 1.807) is 18.2 Å². The quantitative estimate of drug-likeness (QED) is 0.806. The molecule has 0 spiro atoms. The first-order valence-electron chi connectivity index (χ1n) is 7.10. The van der Waals surface area contributed by atoms with Gasteiger partial charge in [-0.05, 0) is 44.5 Å². The highest BCUT2D eigenvalue weighted by molar-refractivity contribution is 7.80. The minimum absolute atomic E-state index is 0.0324. The summed E-state index contributed by atoms with van der Waals surface area (Å²) in [6.45, 7) is 5.07. The van der Waals surface area contributed by atoms with Gasteiger partial charge in [0.25, 0.3) is 5.91 Å². The van der Waals surface area contributed by atoms with E-state index in [1.165, 1.54) is 19.4 Å². The lowest BCUT2D eigenvalue weighted by atomic mass is 10.1. The number of halogens is 1. The molecule has 2 fully saturated rings. The third kappa shape index (κ3) is 2.57. The van der Waals surface area contributed by atoms with Gasteiger partial charge in [-0.25, -0.2) is 0 Å². The van der Waals surface area contributed by atoms with Crippen LogP contribution in [-0.2, 0) is 0 Å². The summed E-state index contributed by atoms with van der Waals surface area (Å²) in [6.07, 6.45) is 2.43. The van der Waals surface area contributed by atoms with Crippen LogP contribution in [0.5, 0.6) is 0 Å². The predicted octanol–water partition coefficient (Wildman–Crippen LogP) is 2.94. The van der Waals surface area contributed by atoms with E-state index in [4.69, 9.17) is 11.6 Å². The highest BCUT2D eigenvalue weighted by Crippen LogP contribution is 2.28. The molecule has 2 atom stereocenters. The Balaban J connectivity index is 1.84. The molecule has 2 aliphatic rings. The molecular formula is C15H19ClN2OS. The van der Waals surface area contributed by atoms with Crippen LogP contribution < -0.4 is 0 Å². The van der Waals surface area contributed by atoms with Crippen LogP contribution in [0.2, 0.25) is 5.02 Å². The number of carbonyl (C=O) groups excluding carboxylic acids is 1. The molecule has 0 aliphatic carbocycles. The van der Waals surface area contributed by atoms with Gasteiger partial charge in [0, 0.05) is 30.1 Å². The van der Waals surface area contributed by atoms with E-state index in [-0.39, 0.29) is 11.9 Å². The number of rotatable bonds is 1. The van der Waals surface area contributed by atoms with E-state index in [1.807, 2.05) is 4.90 Å². The normalized spacial score (nSPS) is 26.6. The Kier molecular flexibility index (Phi) is 3.98. The lowest BCUT2D eigenvalue weighted by Gasteiger charge is -2.42. The molecule has 1 aromatic carbocycles. The summed E-state index contributed by atoms with van der Waals surface area (Å²) in [6, 6.07) is 6.07. The maximum absolute atomic E-state index is 12.8. The number of hydrogen-bond acceptors (Lipinski definition) is 3. The monoisotopic (exact) mass is 310 g/mol. The summed E-state index contributed by atoms with van der Waals surface area (Å²) >= 11 is 10.5. The second-order valence-corrected chi connectivity index (χ2v) is 6.69. The van der Waals surface area contributed by atoms with Crippen molar-refractivity contribution in [3.63, 3.8) is 0 Å². The Hall–Kier alpha value is -0.710. The maximum atomic E-state index is 12.8. The molecule has 2 heterocycles. The summed E-state index contributed by atoms with van der Waals surface area (Å²) in [4.78, 5) is 18.0. The Morgan fingerprint density at radius 1 is 1.40 bits per heavy atom. The zero-order valence-electron chi connectivity index (χ0n) is 11.6. The van der Waals surface area contributed by atoms with Crippen molar-refractivity contribution in [3.8, 4) is 0 Å². The smallest absolute Gasteiger partial charge is 0.255 e. The number of thiol groups is 1. The zero-order valence-corrected chi connectivity index (χ0v) is 13.2. The Morgan fingerprint density at radius 2 is 2.20 bits per heavy atom. The van der Waals surface area contributed by atoms with Gasteiger partial charge in [0.15, 0.2) is 0 Å². The Labute approximate surface area is 130 Å². The van der Waals surface area contributed by atoms with Gasteiger partial charge in [-0.3, -0.25) is 9.69 Å². The van der Waals surface area contributed by atoms with E-state index in [0.717, 1.165) is 18.0 Å².